The number of phenols is 1. The molecule has 1 heterocycles. The maximum atomic E-state index is 12.0. The first kappa shape index (κ1) is 17.5. The van der Waals surface area contributed by atoms with Crippen LogP contribution >= 0.6 is 0 Å². The Kier molecular flexibility index (Phi) is 4.33. The SMILES string of the molecule is CN1OC/C(=C/c2cc(C(C)(C)C)c(O)c(C(C)(C)C)c2)C1=O. The van der Waals surface area contributed by atoms with Crippen molar-refractivity contribution in [3.05, 3.63) is 34.4 Å². The summed E-state index contributed by atoms with van der Waals surface area (Å²) in [6.45, 7) is 12.7. The zero-order valence-electron chi connectivity index (χ0n) is 15.2. The molecule has 0 bridgehead atoms. The van der Waals surface area contributed by atoms with Gasteiger partial charge in [0.05, 0.1) is 0 Å². The summed E-state index contributed by atoms with van der Waals surface area (Å²) >= 11 is 0. The predicted molar refractivity (Wildman–Crippen MR) is 92.2 cm³/mol. The van der Waals surface area contributed by atoms with E-state index in [-0.39, 0.29) is 23.3 Å². The van der Waals surface area contributed by atoms with Crippen LogP contribution in [0.2, 0.25) is 0 Å². The van der Waals surface area contributed by atoms with Crippen LogP contribution in [0.4, 0.5) is 0 Å². The Labute approximate surface area is 138 Å². The molecule has 1 saturated heterocycles. The lowest BCUT2D eigenvalue weighted by molar-refractivity contribution is -0.154. The zero-order chi connectivity index (χ0) is 17.6. The summed E-state index contributed by atoms with van der Waals surface area (Å²) in [4.78, 5) is 17.3. The molecule has 0 saturated carbocycles. The third-order valence-corrected chi connectivity index (χ3v) is 4.06. The fraction of sp³-hybridized carbons (Fsp3) is 0.526. The highest BCUT2D eigenvalue weighted by atomic mass is 16.7. The van der Waals surface area contributed by atoms with Crippen LogP contribution in [-0.2, 0) is 20.5 Å². The first-order valence-electron chi connectivity index (χ1n) is 7.91. The fourth-order valence-corrected chi connectivity index (χ4v) is 2.68. The van der Waals surface area contributed by atoms with Crippen LogP contribution in [0, 0.1) is 0 Å². The van der Waals surface area contributed by atoms with Gasteiger partial charge in [0.15, 0.2) is 0 Å². The lowest BCUT2D eigenvalue weighted by atomic mass is 9.78. The minimum atomic E-state index is -0.189. The second-order valence-corrected chi connectivity index (χ2v) is 8.21. The van der Waals surface area contributed by atoms with Crippen LogP contribution in [0.1, 0.15) is 58.2 Å². The van der Waals surface area contributed by atoms with Gasteiger partial charge in [-0.25, -0.2) is 5.06 Å². The number of rotatable bonds is 1. The molecular weight excluding hydrogens is 290 g/mol. The molecule has 23 heavy (non-hydrogen) atoms. The number of hydrogen-bond acceptors (Lipinski definition) is 3. The van der Waals surface area contributed by atoms with E-state index in [1.54, 1.807) is 7.05 Å². The Morgan fingerprint density at radius 3 is 1.91 bits per heavy atom. The lowest BCUT2D eigenvalue weighted by Crippen LogP contribution is -2.18. The summed E-state index contributed by atoms with van der Waals surface area (Å²) in [7, 11) is 1.61. The highest BCUT2D eigenvalue weighted by Gasteiger charge is 2.28. The molecule has 0 aliphatic carbocycles. The number of amides is 1. The van der Waals surface area contributed by atoms with E-state index >= 15 is 0 Å². The van der Waals surface area contributed by atoms with Crippen LogP contribution in [0.25, 0.3) is 6.08 Å². The standard InChI is InChI=1S/C19H27NO3/c1-18(2,3)14-9-12(8-13-11-23-20(7)17(13)22)10-15(16(14)21)19(4,5)6/h8-10,21H,11H2,1-7H3/b13-8-. The highest BCUT2D eigenvalue weighted by Crippen LogP contribution is 2.40. The molecule has 0 atom stereocenters. The Hall–Kier alpha value is -1.81. The number of carbonyl (C=O) groups excluding carboxylic acids is 1. The topological polar surface area (TPSA) is 49.8 Å². The van der Waals surface area contributed by atoms with E-state index in [2.05, 4.69) is 41.5 Å². The van der Waals surface area contributed by atoms with Crippen molar-refractivity contribution in [3.8, 4) is 5.75 Å². The summed E-state index contributed by atoms with van der Waals surface area (Å²) in [6, 6.07) is 3.92. The quantitative estimate of drug-likeness (QED) is 0.802. The monoisotopic (exact) mass is 317 g/mol. The van der Waals surface area contributed by atoms with Crippen molar-refractivity contribution in [2.24, 2.45) is 0 Å². The Morgan fingerprint density at radius 1 is 1.09 bits per heavy atom. The zero-order valence-corrected chi connectivity index (χ0v) is 15.2. The van der Waals surface area contributed by atoms with Gasteiger partial charge in [0.2, 0.25) is 0 Å². The molecule has 1 aliphatic heterocycles. The van der Waals surface area contributed by atoms with E-state index in [9.17, 15) is 9.90 Å². The number of nitrogens with zero attached hydrogens (tertiary/aromatic N) is 1. The van der Waals surface area contributed by atoms with E-state index < -0.39 is 0 Å². The summed E-state index contributed by atoms with van der Waals surface area (Å²) in [5.74, 6) is 0.228. The van der Waals surface area contributed by atoms with Crippen molar-refractivity contribution in [2.45, 2.75) is 52.4 Å². The molecule has 4 nitrogen and oxygen atoms in total. The molecule has 1 aromatic rings. The second kappa shape index (κ2) is 5.68. The third-order valence-electron chi connectivity index (χ3n) is 4.06. The van der Waals surface area contributed by atoms with Gasteiger partial charge in [0.1, 0.15) is 12.4 Å². The number of phenolic OH excluding ortho intramolecular Hbond substituents is 1. The third kappa shape index (κ3) is 3.58. The summed E-state index contributed by atoms with van der Waals surface area (Å²) in [5, 5.41) is 12.0. The van der Waals surface area contributed by atoms with Gasteiger partial charge >= 0.3 is 0 Å². The first-order valence-corrected chi connectivity index (χ1v) is 7.91. The molecule has 1 N–H and O–H groups in total. The maximum Gasteiger partial charge on any atom is 0.275 e. The van der Waals surface area contributed by atoms with E-state index in [1.165, 1.54) is 5.06 Å². The van der Waals surface area contributed by atoms with Crippen LogP contribution in [0.3, 0.4) is 0 Å². The number of benzene rings is 1. The molecule has 0 spiro atoms. The Balaban J connectivity index is 2.62. The minimum Gasteiger partial charge on any atom is -0.507 e. The van der Waals surface area contributed by atoms with Gasteiger partial charge in [-0.1, -0.05) is 41.5 Å². The molecule has 1 fully saturated rings. The molecule has 1 aliphatic rings. The van der Waals surface area contributed by atoms with Crippen LogP contribution in [-0.4, -0.2) is 29.7 Å². The number of hydroxylamine groups is 2. The summed E-state index contributed by atoms with van der Waals surface area (Å²) in [5.41, 5.74) is 2.93. The smallest absolute Gasteiger partial charge is 0.275 e. The van der Waals surface area contributed by atoms with Gasteiger partial charge < -0.3 is 5.11 Å². The van der Waals surface area contributed by atoms with Gasteiger partial charge in [0, 0.05) is 23.7 Å². The molecular formula is C19H27NO3. The molecule has 4 heteroatoms. The number of carbonyl (C=O) groups is 1. The molecule has 126 valence electrons. The van der Waals surface area contributed by atoms with Gasteiger partial charge in [-0.05, 0) is 34.6 Å². The van der Waals surface area contributed by atoms with Crippen LogP contribution in [0.5, 0.6) is 5.75 Å². The van der Waals surface area contributed by atoms with Crippen molar-refractivity contribution >= 4 is 12.0 Å². The van der Waals surface area contributed by atoms with Crippen molar-refractivity contribution in [1.82, 2.24) is 5.06 Å². The Morgan fingerprint density at radius 2 is 1.57 bits per heavy atom. The maximum absolute atomic E-state index is 12.0. The van der Waals surface area contributed by atoms with Gasteiger partial charge in [0.25, 0.3) is 5.91 Å². The highest BCUT2D eigenvalue weighted by molar-refractivity contribution is 5.98. The normalized spacial score (nSPS) is 18.1. The van der Waals surface area contributed by atoms with Crippen LogP contribution in [0.15, 0.2) is 17.7 Å². The molecule has 2 rings (SSSR count). The minimum absolute atomic E-state index is 0.118. The first-order chi connectivity index (χ1) is 10.4. The molecule has 1 amide bonds. The second-order valence-electron chi connectivity index (χ2n) is 8.21. The average Bonchev–Trinajstić information content (AvgIpc) is 2.70. The number of hydrogen-bond donors (Lipinski definition) is 1. The largest absolute Gasteiger partial charge is 0.507 e. The van der Waals surface area contributed by atoms with E-state index in [0.717, 1.165) is 16.7 Å². The molecule has 0 aromatic heterocycles. The lowest BCUT2D eigenvalue weighted by Gasteiger charge is -2.28. The van der Waals surface area contributed by atoms with E-state index in [0.29, 0.717) is 11.3 Å². The van der Waals surface area contributed by atoms with E-state index in [4.69, 9.17) is 4.84 Å². The van der Waals surface area contributed by atoms with Crippen molar-refractivity contribution in [2.75, 3.05) is 13.7 Å². The van der Waals surface area contributed by atoms with Crippen molar-refractivity contribution < 1.29 is 14.7 Å². The number of aromatic hydroxyl groups is 1. The van der Waals surface area contributed by atoms with Crippen LogP contribution < -0.4 is 0 Å². The molecule has 0 unspecified atom stereocenters. The molecule has 1 aromatic carbocycles. The summed E-state index contributed by atoms with van der Waals surface area (Å²) < 4.78 is 0. The summed E-state index contributed by atoms with van der Waals surface area (Å²) in [6.07, 6.45) is 1.86. The van der Waals surface area contributed by atoms with Crippen molar-refractivity contribution in [1.29, 1.82) is 0 Å². The van der Waals surface area contributed by atoms with Crippen molar-refractivity contribution in [3.63, 3.8) is 0 Å². The fourth-order valence-electron chi connectivity index (χ4n) is 2.68. The van der Waals surface area contributed by atoms with Gasteiger partial charge in [-0.3, -0.25) is 9.63 Å². The average molecular weight is 317 g/mol. The predicted octanol–water partition coefficient (Wildman–Crippen LogP) is 3.77. The Bertz CT molecular complexity index is 625. The molecule has 0 radical (unpaired) electrons. The number of likely N-dealkylation sites (N-methyl/N-ethyl adjacent to an activating group) is 1. The van der Waals surface area contributed by atoms with Gasteiger partial charge in [-0.15, -0.1) is 0 Å². The van der Waals surface area contributed by atoms with E-state index in [1.807, 2.05) is 18.2 Å². The van der Waals surface area contributed by atoms with Gasteiger partial charge in [-0.2, -0.15) is 0 Å².